The number of rotatable bonds is 65. The minimum Gasteiger partial charge on any atom is -0.466 e. The van der Waals surface area contributed by atoms with E-state index in [0.29, 0.717) is 19.4 Å². The maximum atomic E-state index is 12.5. The first-order chi connectivity index (χ1) is 38.0. The fraction of sp³-hybridized carbons (Fsp3) is 0.887. The molecule has 0 aromatic carbocycles. The number of hydrogen-bond donors (Lipinski definition) is 3. The molecular weight excluding hydrogens is 947 g/mol. The van der Waals surface area contributed by atoms with Gasteiger partial charge in [-0.15, -0.1) is 0 Å². The molecule has 0 aromatic rings. The first kappa shape index (κ1) is 75.1. The van der Waals surface area contributed by atoms with Crippen LogP contribution in [0, 0.1) is 0 Å². The Labute approximate surface area is 481 Å². The minimum atomic E-state index is -0.845. The van der Waals surface area contributed by atoms with E-state index < -0.39 is 12.1 Å². The Morgan fingerprint density at radius 1 is 0.364 bits per heavy atom. The van der Waals surface area contributed by atoms with Crippen molar-refractivity contribution >= 4 is 11.9 Å². The van der Waals surface area contributed by atoms with E-state index in [9.17, 15) is 19.8 Å². The largest absolute Gasteiger partial charge is 0.466 e. The van der Waals surface area contributed by atoms with Gasteiger partial charge >= 0.3 is 5.97 Å². The average molecular weight is 1080 g/mol. The molecule has 0 bridgehead atoms. The van der Waals surface area contributed by atoms with Gasteiger partial charge in [0.2, 0.25) is 5.91 Å². The predicted molar refractivity (Wildman–Crippen MR) is 338 cm³/mol. The van der Waals surface area contributed by atoms with Crippen LogP contribution in [0.3, 0.4) is 0 Å². The summed E-state index contributed by atoms with van der Waals surface area (Å²) in [7, 11) is 0. The van der Waals surface area contributed by atoms with Crippen molar-refractivity contribution in [3.05, 3.63) is 36.5 Å². The smallest absolute Gasteiger partial charge is 0.305 e. The van der Waals surface area contributed by atoms with Gasteiger partial charge in [-0.3, -0.25) is 9.59 Å². The van der Waals surface area contributed by atoms with E-state index in [1.807, 2.05) is 6.08 Å². The number of amides is 1. The predicted octanol–water partition coefficient (Wildman–Crippen LogP) is 22.3. The molecule has 0 aliphatic carbocycles. The van der Waals surface area contributed by atoms with Gasteiger partial charge in [0.25, 0.3) is 0 Å². The molecule has 1 amide bonds. The van der Waals surface area contributed by atoms with Gasteiger partial charge in [-0.05, 0) is 57.8 Å². The van der Waals surface area contributed by atoms with E-state index in [-0.39, 0.29) is 18.5 Å². The number of aliphatic hydroxyl groups excluding tert-OH is 2. The molecule has 0 fully saturated rings. The molecule has 0 radical (unpaired) electrons. The quantitative estimate of drug-likeness (QED) is 0.0320. The van der Waals surface area contributed by atoms with Crippen LogP contribution in [-0.4, -0.2) is 47.4 Å². The summed E-state index contributed by atoms with van der Waals surface area (Å²) in [5, 5.41) is 23.3. The third kappa shape index (κ3) is 63.1. The summed E-state index contributed by atoms with van der Waals surface area (Å²) in [5.74, 6) is -0.0617. The number of nitrogens with one attached hydrogen (secondary N) is 1. The molecular formula is C71H135NO5. The number of aliphatic hydroxyl groups is 2. The zero-order chi connectivity index (χ0) is 55.7. The third-order valence-corrected chi connectivity index (χ3v) is 16.1. The van der Waals surface area contributed by atoms with Crippen molar-refractivity contribution in [3.63, 3.8) is 0 Å². The molecule has 2 atom stereocenters. The van der Waals surface area contributed by atoms with Crippen molar-refractivity contribution in [2.45, 2.75) is 392 Å². The molecule has 0 aliphatic rings. The molecule has 0 aliphatic heterocycles. The molecule has 2 unspecified atom stereocenters. The molecule has 6 heteroatoms. The SMILES string of the molecule is CCC/C=C\C/C=C\CCCCCCCC(=O)OCCCCCCCCCCCCCCCCCCCCCCCCCCCC(=O)NC(CO)C(O)/C=C/CCCCCCCCCCCCCCCCCCCCCC. The third-order valence-electron chi connectivity index (χ3n) is 16.1. The Hall–Kier alpha value is -1.92. The van der Waals surface area contributed by atoms with E-state index >= 15 is 0 Å². The van der Waals surface area contributed by atoms with Crippen LogP contribution in [0.1, 0.15) is 380 Å². The Bertz CT molecular complexity index is 1250. The Balaban J connectivity index is 3.40. The molecule has 0 saturated heterocycles. The van der Waals surface area contributed by atoms with Gasteiger partial charge in [0, 0.05) is 12.8 Å². The molecule has 0 aromatic heterocycles. The topological polar surface area (TPSA) is 95.9 Å². The van der Waals surface area contributed by atoms with E-state index in [1.165, 1.54) is 302 Å². The van der Waals surface area contributed by atoms with Gasteiger partial charge in [-0.25, -0.2) is 0 Å². The standard InChI is InChI=1S/C71H135NO5/c1-3-5-7-9-11-13-15-17-18-19-20-21-27-30-33-36-40-43-47-51-55-59-63-69(74)68(67-73)72-70(75)64-60-56-52-48-44-41-37-34-31-28-25-23-22-24-26-29-32-35-38-42-46-50-54-58-62-66-77-71(76)65-61-57-53-49-45-39-16-14-12-10-8-6-4-2/h8,10,14,16,59,63,68-69,73-74H,3-7,9,11-13,15,17-58,60-62,64-67H2,1-2H3,(H,72,75)/b10-8-,16-14-,63-59+. The van der Waals surface area contributed by atoms with Crippen LogP contribution in [0.5, 0.6) is 0 Å². The number of unbranched alkanes of at least 4 members (excludes halogenated alkanes) is 50. The Kier molecular flexibility index (Phi) is 64.9. The minimum absolute atomic E-state index is 0.000960. The summed E-state index contributed by atoms with van der Waals surface area (Å²) in [6.07, 6.45) is 85.0. The van der Waals surface area contributed by atoms with Gasteiger partial charge < -0.3 is 20.3 Å². The first-order valence-electron chi connectivity index (χ1n) is 34.8. The second-order valence-electron chi connectivity index (χ2n) is 23.9. The summed E-state index contributed by atoms with van der Waals surface area (Å²) in [5.41, 5.74) is 0. The Morgan fingerprint density at radius 3 is 1.04 bits per heavy atom. The number of carbonyl (C=O) groups excluding carboxylic acids is 2. The monoisotopic (exact) mass is 1080 g/mol. The lowest BCUT2D eigenvalue weighted by molar-refractivity contribution is -0.143. The molecule has 0 saturated carbocycles. The van der Waals surface area contributed by atoms with Crippen LogP contribution < -0.4 is 5.32 Å². The summed E-state index contributed by atoms with van der Waals surface area (Å²) in [6, 6.07) is -0.628. The van der Waals surface area contributed by atoms with Gasteiger partial charge in [0.1, 0.15) is 0 Å². The van der Waals surface area contributed by atoms with E-state index in [0.717, 1.165) is 51.4 Å². The van der Waals surface area contributed by atoms with E-state index in [2.05, 4.69) is 43.5 Å². The molecule has 454 valence electrons. The average Bonchev–Trinajstić information content (AvgIpc) is 3.43. The highest BCUT2D eigenvalue weighted by Crippen LogP contribution is 2.19. The highest BCUT2D eigenvalue weighted by atomic mass is 16.5. The maximum Gasteiger partial charge on any atom is 0.305 e. The van der Waals surface area contributed by atoms with Gasteiger partial charge in [-0.2, -0.15) is 0 Å². The van der Waals surface area contributed by atoms with Crippen LogP contribution in [-0.2, 0) is 14.3 Å². The normalized spacial score (nSPS) is 12.7. The van der Waals surface area contributed by atoms with Crippen LogP contribution in [0.25, 0.3) is 0 Å². The van der Waals surface area contributed by atoms with E-state index in [1.54, 1.807) is 6.08 Å². The van der Waals surface area contributed by atoms with Crippen molar-refractivity contribution in [1.29, 1.82) is 0 Å². The molecule has 6 nitrogen and oxygen atoms in total. The lowest BCUT2D eigenvalue weighted by Crippen LogP contribution is -2.45. The highest BCUT2D eigenvalue weighted by Gasteiger charge is 2.18. The number of esters is 1. The summed E-state index contributed by atoms with van der Waals surface area (Å²) in [4.78, 5) is 24.6. The van der Waals surface area contributed by atoms with Gasteiger partial charge in [0.15, 0.2) is 0 Å². The van der Waals surface area contributed by atoms with Gasteiger partial charge in [-0.1, -0.05) is 346 Å². The van der Waals surface area contributed by atoms with Crippen LogP contribution in [0.15, 0.2) is 36.5 Å². The second kappa shape index (κ2) is 66.6. The number of hydrogen-bond acceptors (Lipinski definition) is 5. The molecule has 0 spiro atoms. The van der Waals surface area contributed by atoms with Crippen LogP contribution in [0.2, 0.25) is 0 Å². The molecule has 0 heterocycles. The fourth-order valence-corrected chi connectivity index (χ4v) is 10.9. The van der Waals surface area contributed by atoms with Crippen molar-refractivity contribution < 1.29 is 24.5 Å². The summed E-state index contributed by atoms with van der Waals surface area (Å²) >= 11 is 0. The van der Waals surface area contributed by atoms with Crippen molar-refractivity contribution in [2.75, 3.05) is 13.2 Å². The molecule has 3 N–H and O–H groups in total. The second-order valence-corrected chi connectivity index (χ2v) is 23.9. The number of allylic oxidation sites excluding steroid dienone is 5. The Morgan fingerprint density at radius 2 is 0.675 bits per heavy atom. The van der Waals surface area contributed by atoms with Crippen LogP contribution >= 0.6 is 0 Å². The zero-order valence-electron chi connectivity index (χ0n) is 52.0. The lowest BCUT2D eigenvalue weighted by Gasteiger charge is -2.20. The zero-order valence-corrected chi connectivity index (χ0v) is 52.0. The number of ether oxygens (including phenoxy) is 1. The maximum absolute atomic E-state index is 12.5. The van der Waals surface area contributed by atoms with Crippen molar-refractivity contribution in [3.8, 4) is 0 Å². The summed E-state index contributed by atoms with van der Waals surface area (Å²) in [6.45, 7) is 4.87. The van der Waals surface area contributed by atoms with Crippen molar-refractivity contribution in [1.82, 2.24) is 5.32 Å². The van der Waals surface area contributed by atoms with Gasteiger partial charge in [0.05, 0.1) is 25.4 Å². The summed E-state index contributed by atoms with van der Waals surface area (Å²) < 4.78 is 5.47. The lowest BCUT2D eigenvalue weighted by atomic mass is 10.0. The van der Waals surface area contributed by atoms with E-state index in [4.69, 9.17) is 4.74 Å². The van der Waals surface area contributed by atoms with Crippen molar-refractivity contribution in [2.24, 2.45) is 0 Å². The number of carbonyl (C=O) groups is 2. The fourth-order valence-electron chi connectivity index (χ4n) is 10.9. The molecule has 77 heavy (non-hydrogen) atoms. The van der Waals surface area contributed by atoms with Crippen LogP contribution in [0.4, 0.5) is 0 Å². The molecule has 0 rings (SSSR count). The highest BCUT2D eigenvalue weighted by molar-refractivity contribution is 5.76. The first-order valence-corrected chi connectivity index (χ1v) is 34.8.